The molecule has 110 valence electrons. The van der Waals surface area contributed by atoms with E-state index in [1.807, 2.05) is 19.9 Å². The van der Waals surface area contributed by atoms with Crippen molar-refractivity contribution < 1.29 is 14.3 Å². The lowest BCUT2D eigenvalue weighted by Crippen LogP contribution is -2.17. The summed E-state index contributed by atoms with van der Waals surface area (Å²) in [7, 11) is 0. The van der Waals surface area contributed by atoms with E-state index in [0.717, 1.165) is 11.1 Å². The van der Waals surface area contributed by atoms with Gasteiger partial charge in [0.25, 0.3) is 0 Å². The molecule has 0 unspecified atom stereocenters. The number of halogens is 2. The van der Waals surface area contributed by atoms with E-state index in [2.05, 4.69) is 0 Å². The molecular weight excluding hydrogens is 311 g/mol. The summed E-state index contributed by atoms with van der Waals surface area (Å²) in [6.07, 6.45) is 0. The Labute approximate surface area is 133 Å². The third kappa shape index (κ3) is 4.38. The number of rotatable bonds is 4. The van der Waals surface area contributed by atoms with Crippen molar-refractivity contribution in [1.29, 1.82) is 0 Å². The van der Waals surface area contributed by atoms with E-state index in [0.29, 0.717) is 21.5 Å². The van der Waals surface area contributed by atoms with Gasteiger partial charge in [-0.05, 0) is 49.2 Å². The number of ether oxygens (including phenoxy) is 2. The van der Waals surface area contributed by atoms with Crippen LogP contribution < -0.4 is 9.47 Å². The number of carbonyl (C=O) groups is 1. The van der Waals surface area contributed by atoms with Gasteiger partial charge in [0.2, 0.25) is 0 Å². The van der Waals surface area contributed by atoms with Gasteiger partial charge >= 0.3 is 5.97 Å². The minimum Gasteiger partial charge on any atom is -0.480 e. The molecule has 21 heavy (non-hydrogen) atoms. The lowest BCUT2D eigenvalue weighted by atomic mass is 10.1. The van der Waals surface area contributed by atoms with Crippen LogP contribution in [0.15, 0.2) is 36.4 Å². The molecule has 0 radical (unpaired) electrons. The monoisotopic (exact) mass is 324 g/mol. The molecular formula is C16H14Cl2O3. The molecule has 0 saturated carbocycles. The molecule has 2 rings (SSSR count). The molecule has 0 heterocycles. The Hall–Kier alpha value is -1.71. The van der Waals surface area contributed by atoms with Gasteiger partial charge in [-0.1, -0.05) is 29.3 Å². The van der Waals surface area contributed by atoms with E-state index in [4.69, 9.17) is 32.7 Å². The smallest absolute Gasteiger partial charge is 0.349 e. The third-order valence-electron chi connectivity index (χ3n) is 2.95. The van der Waals surface area contributed by atoms with E-state index in [9.17, 15) is 4.79 Å². The molecule has 0 atom stereocenters. The summed E-state index contributed by atoms with van der Waals surface area (Å²) in [5.74, 6) is 0.333. The Balaban J connectivity index is 1.95. The first-order chi connectivity index (χ1) is 9.95. The van der Waals surface area contributed by atoms with E-state index in [-0.39, 0.29) is 6.61 Å². The van der Waals surface area contributed by atoms with Gasteiger partial charge in [0.1, 0.15) is 11.5 Å². The van der Waals surface area contributed by atoms with Gasteiger partial charge in [-0.2, -0.15) is 0 Å². The summed E-state index contributed by atoms with van der Waals surface area (Å²) >= 11 is 11.8. The largest absolute Gasteiger partial charge is 0.480 e. The molecule has 0 amide bonds. The predicted octanol–water partition coefficient (Wildman–Crippen LogP) is 4.59. The van der Waals surface area contributed by atoms with Crippen LogP contribution in [0.5, 0.6) is 11.5 Å². The minimum absolute atomic E-state index is 0.243. The topological polar surface area (TPSA) is 35.5 Å². The Morgan fingerprint density at radius 3 is 2.52 bits per heavy atom. The molecule has 0 bridgehead atoms. The fourth-order valence-corrected chi connectivity index (χ4v) is 2.00. The lowest BCUT2D eigenvalue weighted by Gasteiger charge is -2.09. The van der Waals surface area contributed by atoms with Gasteiger partial charge in [0.15, 0.2) is 6.61 Å². The average Bonchev–Trinajstić information content (AvgIpc) is 2.44. The molecule has 0 aliphatic carbocycles. The summed E-state index contributed by atoms with van der Waals surface area (Å²) in [6.45, 7) is 3.70. The highest BCUT2D eigenvalue weighted by molar-refractivity contribution is 6.34. The first-order valence-corrected chi connectivity index (χ1v) is 7.07. The zero-order chi connectivity index (χ0) is 15.4. The van der Waals surface area contributed by atoms with Crippen LogP contribution in [-0.4, -0.2) is 12.6 Å². The highest BCUT2D eigenvalue weighted by Crippen LogP contribution is 2.27. The second-order valence-corrected chi connectivity index (χ2v) is 5.43. The molecule has 0 aliphatic heterocycles. The van der Waals surface area contributed by atoms with Crippen molar-refractivity contribution in [2.24, 2.45) is 0 Å². The van der Waals surface area contributed by atoms with Crippen molar-refractivity contribution >= 4 is 29.2 Å². The maximum absolute atomic E-state index is 11.8. The molecule has 2 aromatic carbocycles. The summed E-state index contributed by atoms with van der Waals surface area (Å²) in [4.78, 5) is 11.8. The molecule has 0 saturated heterocycles. The van der Waals surface area contributed by atoms with Crippen molar-refractivity contribution in [2.45, 2.75) is 13.8 Å². The van der Waals surface area contributed by atoms with E-state index >= 15 is 0 Å². The summed E-state index contributed by atoms with van der Waals surface area (Å²) in [5.41, 5.74) is 2.19. The maximum atomic E-state index is 11.8. The van der Waals surface area contributed by atoms with E-state index in [1.54, 1.807) is 30.3 Å². The van der Waals surface area contributed by atoms with Crippen LogP contribution >= 0.6 is 23.2 Å². The molecule has 2 aromatic rings. The van der Waals surface area contributed by atoms with Crippen LogP contribution in [0.3, 0.4) is 0 Å². The lowest BCUT2D eigenvalue weighted by molar-refractivity contribution is -0.136. The number of benzene rings is 2. The molecule has 0 N–H and O–H groups in total. The van der Waals surface area contributed by atoms with E-state index in [1.165, 1.54) is 0 Å². The minimum atomic E-state index is -0.505. The van der Waals surface area contributed by atoms with Crippen LogP contribution in [0.4, 0.5) is 0 Å². The third-order valence-corrected chi connectivity index (χ3v) is 3.50. The van der Waals surface area contributed by atoms with Gasteiger partial charge < -0.3 is 9.47 Å². The zero-order valence-corrected chi connectivity index (χ0v) is 13.2. The van der Waals surface area contributed by atoms with Gasteiger partial charge in [-0.3, -0.25) is 0 Å². The van der Waals surface area contributed by atoms with Crippen LogP contribution in [0.25, 0.3) is 0 Å². The zero-order valence-electron chi connectivity index (χ0n) is 11.7. The number of carbonyl (C=O) groups excluding carboxylic acids is 1. The van der Waals surface area contributed by atoms with Crippen LogP contribution in [0.2, 0.25) is 10.0 Å². The quantitative estimate of drug-likeness (QED) is 0.609. The van der Waals surface area contributed by atoms with Crippen molar-refractivity contribution in [3.8, 4) is 11.5 Å². The second-order valence-electron chi connectivity index (χ2n) is 4.58. The molecule has 3 nitrogen and oxygen atoms in total. The van der Waals surface area contributed by atoms with E-state index < -0.39 is 5.97 Å². The van der Waals surface area contributed by atoms with Crippen molar-refractivity contribution in [1.82, 2.24) is 0 Å². The molecule has 0 fully saturated rings. The van der Waals surface area contributed by atoms with Crippen LogP contribution in [-0.2, 0) is 4.79 Å². The van der Waals surface area contributed by atoms with Gasteiger partial charge in [0.05, 0.1) is 5.02 Å². The first-order valence-electron chi connectivity index (χ1n) is 6.31. The highest BCUT2D eigenvalue weighted by Gasteiger charge is 2.09. The SMILES string of the molecule is Cc1ccc(OC(=O)COc2cc(Cl)ccc2Cl)cc1C. The Bertz CT molecular complexity index is 669. The summed E-state index contributed by atoms with van der Waals surface area (Å²) in [5, 5.41) is 0.871. The van der Waals surface area contributed by atoms with Gasteiger partial charge in [0, 0.05) is 11.1 Å². The molecule has 0 aliphatic rings. The van der Waals surface area contributed by atoms with Gasteiger partial charge in [-0.25, -0.2) is 4.79 Å². The number of hydrogen-bond donors (Lipinski definition) is 0. The van der Waals surface area contributed by atoms with Crippen LogP contribution in [0.1, 0.15) is 11.1 Å². The molecule has 0 spiro atoms. The fraction of sp³-hybridized carbons (Fsp3) is 0.188. The summed E-state index contributed by atoms with van der Waals surface area (Å²) in [6, 6.07) is 10.2. The number of aryl methyl sites for hydroxylation is 2. The Kier molecular flexibility index (Phi) is 5.10. The van der Waals surface area contributed by atoms with Crippen molar-refractivity contribution in [3.05, 3.63) is 57.6 Å². The van der Waals surface area contributed by atoms with Gasteiger partial charge in [-0.15, -0.1) is 0 Å². The maximum Gasteiger partial charge on any atom is 0.349 e. The van der Waals surface area contributed by atoms with Crippen molar-refractivity contribution in [2.75, 3.05) is 6.61 Å². The number of esters is 1. The van der Waals surface area contributed by atoms with Crippen molar-refractivity contribution in [3.63, 3.8) is 0 Å². The second kappa shape index (κ2) is 6.83. The predicted molar refractivity (Wildman–Crippen MR) is 83.5 cm³/mol. The fourth-order valence-electron chi connectivity index (χ4n) is 1.66. The number of hydrogen-bond acceptors (Lipinski definition) is 3. The average molecular weight is 325 g/mol. The molecule has 5 heteroatoms. The van der Waals surface area contributed by atoms with Crippen LogP contribution in [0, 0.1) is 13.8 Å². The summed E-state index contributed by atoms with van der Waals surface area (Å²) < 4.78 is 10.5. The first kappa shape index (κ1) is 15.7. The normalized spacial score (nSPS) is 10.3. The standard InChI is InChI=1S/C16H14Cl2O3/c1-10-3-5-13(7-11(10)2)21-16(19)9-20-15-8-12(17)4-6-14(15)18/h3-8H,9H2,1-2H3. The molecule has 0 aromatic heterocycles. The Morgan fingerprint density at radius 2 is 1.81 bits per heavy atom. The highest BCUT2D eigenvalue weighted by atomic mass is 35.5. The Morgan fingerprint density at radius 1 is 1.05 bits per heavy atom.